The SMILES string of the molecule is CCCC[P+](CCCC)(CCCC)c1c(-c2ccc(F)cc2)nc(CCC(CC)S(C)(=O)=O)nc1C(C)C. The van der Waals surface area contributed by atoms with E-state index >= 15 is 0 Å². The molecule has 0 aliphatic carbocycles. The second kappa shape index (κ2) is 15.4. The van der Waals surface area contributed by atoms with Crippen LogP contribution in [0.3, 0.4) is 0 Å². The number of nitrogens with zero attached hydrogens (tertiary/aromatic N) is 2. The average molecular weight is 566 g/mol. The number of hydrogen-bond donors (Lipinski definition) is 0. The molecule has 4 nitrogen and oxygen atoms in total. The normalized spacial score (nSPS) is 13.3. The molecule has 0 spiro atoms. The van der Waals surface area contributed by atoms with Gasteiger partial charge in [0, 0.05) is 18.2 Å². The van der Waals surface area contributed by atoms with E-state index in [0.29, 0.717) is 25.1 Å². The van der Waals surface area contributed by atoms with Crippen molar-refractivity contribution in [3.8, 4) is 11.3 Å². The fourth-order valence-electron chi connectivity index (χ4n) is 5.38. The summed E-state index contributed by atoms with van der Waals surface area (Å²) in [6, 6.07) is 6.76. The largest absolute Gasteiger partial charge is 0.234 e. The zero-order valence-electron chi connectivity index (χ0n) is 24.9. The lowest BCUT2D eigenvalue weighted by Gasteiger charge is -2.32. The molecular formula is C31H51FN2O2PS+. The summed E-state index contributed by atoms with van der Waals surface area (Å²) in [6.07, 6.45) is 13.6. The number of aromatic nitrogens is 2. The van der Waals surface area contributed by atoms with Crippen molar-refractivity contribution < 1.29 is 12.8 Å². The van der Waals surface area contributed by atoms with Crippen LogP contribution in [0.25, 0.3) is 11.3 Å². The molecule has 0 saturated heterocycles. The van der Waals surface area contributed by atoms with Crippen molar-refractivity contribution in [3.05, 3.63) is 41.6 Å². The molecule has 1 unspecified atom stereocenters. The van der Waals surface area contributed by atoms with Gasteiger partial charge in [0.25, 0.3) is 0 Å². The predicted octanol–water partition coefficient (Wildman–Crippen LogP) is 8.21. The van der Waals surface area contributed by atoms with E-state index in [1.807, 2.05) is 19.1 Å². The molecule has 38 heavy (non-hydrogen) atoms. The Morgan fingerprint density at radius 3 is 1.82 bits per heavy atom. The molecule has 2 aromatic rings. The standard InChI is InChI=1S/C31H51FN2O2PS/c1-8-12-21-37(22-13-9-2,23-14-10-3)31-29(24(5)6)33-28(20-19-27(11-4)38(7,35)36)34-30(31)25-15-17-26(32)18-16-25/h15-18,24,27H,8-14,19-23H2,1-7H3/q+1. The molecule has 0 N–H and O–H groups in total. The molecule has 7 heteroatoms. The molecule has 0 bridgehead atoms. The summed E-state index contributed by atoms with van der Waals surface area (Å²) in [5, 5.41) is 0.959. The Morgan fingerprint density at radius 1 is 0.868 bits per heavy atom. The summed E-state index contributed by atoms with van der Waals surface area (Å²) >= 11 is 0. The summed E-state index contributed by atoms with van der Waals surface area (Å²) in [4.78, 5) is 10.4. The molecule has 0 fully saturated rings. The van der Waals surface area contributed by atoms with Crippen molar-refractivity contribution in [1.29, 1.82) is 0 Å². The van der Waals surface area contributed by atoms with Crippen molar-refractivity contribution in [3.63, 3.8) is 0 Å². The summed E-state index contributed by atoms with van der Waals surface area (Å²) in [5.74, 6) is 0.669. The molecule has 1 aromatic heterocycles. The molecule has 1 atom stereocenters. The van der Waals surface area contributed by atoms with Gasteiger partial charge in [-0.15, -0.1) is 0 Å². The maximum atomic E-state index is 14.0. The number of benzene rings is 1. The van der Waals surface area contributed by atoms with E-state index < -0.39 is 22.3 Å². The Kier molecular flexibility index (Phi) is 13.3. The van der Waals surface area contributed by atoms with Gasteiger partial charge in [-0.05, 0) is 62.3 Å². The van der Waals surface area contributed by atoms with Gasteiger partial charge < -0.3 is 0 Å². The van der Waals surface area contributed by atoms with Crippen molar-refractivity contribution in [1.82, 2.24) is 9.97 Å². The first-order chi connectivity index (χ1) is 18.0. The van der Waals surface area contributed by atoms with Gasteiger partial charge in [-0.3, -0.25) is 0 Å². The van der Waals surface area contributed by atoms with Crippen LogP contribution < -0.4 is 5.30 Å². The van der Waals surface area contributed by atoms with E-state index in [-0.39, 0.29) is 11.7 Å². The molecule has 2 rings (SSSR count). The van der Waals surface area contributed by atoms with E-state index in [0.717, 1.165) is 36.2 Å². The highest BCUT2D eigenvalue weighted by molar-refractivity contribution is 7.91. The lowest BCUT2D eigenvalue weighted by Crippen LogP contribution is -2.30. The fraction of sp³-hybridized carbons (Fsp3) is 0.677. The van der Waals surface area contributed by atoms with Gasteiger partial charge in [-0.1, -0.05) is 60.8 Å². The van der Waals surface area contributed by atoms with Gasteiger partial charge >= 0.3 is 0 Å². The highest BCUT2D eigenvalue weighted by Crippen LogP contribution is 2.62. The number of halogens is 1. The zero-order chi connectivity index (χ0) is 28.3. The van der Waals surface area contributed by atoms with Crippen LogP contribution in [0.15, 0.2) is 24.3 Å². The summed E-state index contributed by atoms with van der Waals surface area (Å²) in [7, 11) is -4.74. The average Bonchev–Trinajstić information content (AvgIpc) is 2.88. The summed E-state index contributed by atoms with van der Waals surface area (Å²) in [6.45, 7) is 13.2. The van der Waals surface area contributed by atoms with Crippen LogP contribution in [0.2, 0.25) is 0 Å². The van der Waals surface area contributed by atoms with Gasteiger partial charge in [0.15, 0.2) is 0 Å². The Hall–Kier alpha value is -1.39. The van der Waals surface area contributed by atoms with Crippen LogP contribution in [-0.2, 0) is 16.3 Å². The first kappa shape index (κ1) is 32.8. The Balaban J connectivity index is 2.84. The molecule has 0 aliphatic heterocycles. The summed E-state index contributed by atoms with van der Waals surface area (Å²) in [5.41, 5.74) is 3.03. The first-order valence-electron chi connectivity index (χ1n) is 14.7. The van der Waals surface area contributed by atoms with E-state index in [9.17, 15) is 12.8 Å². The zero-order valence-corrected chi connectivity index (χ0v) is 26.6. The second-order valence-corrected chi connectivity index (χ2v) is 17.6. The monoisotopic (exact) mass is 565 g/mol. The Morgan fingerprint density at radius 2 is 1.39 bits per heavy atom. The molecule has 0 aliphatic rings. The van der Waals surface area contributed by atoms with Crippen molar-refractivity contribution in [2.45, 2.75) is 110 Å². The molecule has 1 heterocycles. The number of aryl methyl sites for hydroxylation is 1. The smallest absolute Gasteiger partial charge is 0.150 e. The molecule has 0 saturated carbocycles. The van der Waals surface area contributed by atoms with Crippen LogP contribution in [0, 0.1) is 5.82 Å². The van der Waals surface area contributed by atoms with Crippen molar-refractivity contribution >= 4 is 22.4 Å². The topological polar surface area (TPSA) is 59.9 Å². The van der Waals surface area contributed by atoms with Crippen LogP contribution >= 0.6 is 7.26 Å². The molecule has 1 aromatic carbocycles. The maximum absolute atomic E-state index is 14.0. The minimum absolute atomic E-state index is 0.215. The Labute approximate surface area is 232 Å². The molecule has 0 radical (unpaired) electrons. The Bertz CT molecular complexity index is 1080. The van der Waals surface area contributed by atoms with Crippen LogP contribution in [0.5, 0.6) is 0 Å². The molecule has 214 valence electrons. The minimum atomic E-state index is -3.13. The predicted molar refractivity (Wildman–Crippen MR) is 165 cm³/mol. The van der Waals surface area contributed by atoms with Crippen LogP contribution in [0.1, 0.15) is 110 Å². The van der Waals surface area contributed by atoms with Crippen molar-refractivity contribution in [2.24, 2.45) is 0 Å². The maximum Gasteiger partial charge on any atom is 0.150 e. The van der Waals surface area contributed by atoms with E-state index in [1.165, 1.54) is 61.4 Å². The minimum Gasteiger partial charge on any atom is -0.234 e. The van der Waals surface area contributed by atoms with E-state index in [4.69, 9.17) is 9.97 Å². The highest BCUT2D eigenvalue weighted by atomic mass is 32.2. The lowest BCUT2D eigenvalue weighted by atomic mass is 10.0. The van der Waals surface area contributed by atoms with Crippen LogP contribution in [-0.4, -0.2) is 48.4 Å². The molecule has 0 amide bonds. The van der Waals surface area contributed by atoms with Gasteiger partial charge in [-0.2, -0.15) is 0 Å². The van der Waals surface area contributed by atoms with E-state index in [2.05, 4.69) is 34.6 Å². The number of unbranched alkanes of at least 4 members (excludes halogenated alkanes) is 3. The van der Waals surface area contributed by atoms with E-state index in [1.54, 1.807) is 0 Å². The fourth-order valence-corrected chi connectivity index (χ4v) is 12.1. The molecular weight excluding hydrogens is 514 g/mol. The van der Waals surface area contributed by atoms with Crippen molar-refractivity contribution in [2.75, 3.05) is 24.7 Å². The number of rotatable bonds is 17. The third kappa shape index (κ3) is 8.81. The van der Waals surface area contributed by atoms with Gasteiger partial charge in [-0.25, -0.2) is 22.8 Å². The van der Waals surface area contributed by atoms with Crippen LogP contribution in [0.4, 0.5) is 4.39 Å². The highest BCUT2D eigenvalue weighted by Gasteiger charge is 2.44. The van der Waals surface area contributed by atoms with Gasteiger partial charge in [0.1, 0.15) is 32.5 Å². The third-order valence-corrected chi connectivity index (χ3v) is 14.4. The summed E-state index contributed by atoms with van der Waals surface area (Å²) < 4.78 is 38.6. The van der Waals surface area contributed by atoms with Gasteiger partial charge in [0.05, 0.1) is 36.7 Å². The van der Waals surface area contributed by atoms with Gasteiger partial charge in [0.2, 0.25) is 0 Å². The second-order valence-electron chi connectivity index (χ2n) is 11.2. The third-order valence-electron chi connectivity index (χ3n) is 7.67. The quantitative estimate of drug-likeness (QED) is 0.181. The lowest BCUT2D eigenvalue weighted by molar-refractivity contribution is 0.569. The first-order valence-corrected chi connectivity index (χ1v) is 19.0. The number of sulfone groups is 1. The number of hydrogen-bond acceptors (Lipinski definition) is 4.